The van der Waals surface area contributed by atoms with Crippen molar-refractivity contribution in [3.05, 3.63) is 66.9 Å². The molecule has 0 aliphatic rings. The molecule has 0 bridgehead atoms. The lowest BCUT2D eigenvalue weighted by atomic mass is 10.2. The van der Waals surface area contributed by atoms with Gasteiger partial charge < -0.3 is 4.57 Å². The zero-order chi connectivity index (χ0) is 12.4. The van der Waals surface area contributed by atoms with Crippen LogP contribution in [0.3, 0.4) is 0 Å². The second-order valence-electron chi connectivity index (χ2n) is 3.52. The first-order chi connectivity index (χ1) is 8.08. The third-order valence-electron chi connectivity index (χ3n) is 2.33. The molecule has 0 fully saturated rings. The number of pyridine rings is 1. The zero-order valence-corrected chi connectivity index (χ0v) is 11.6. The maximum atomic E-state index is 13.6. The Kier molecular flexibility index (Phi) is 3.83. The van der Waals surface area contributed by atoms with Crippen molar-refractivity contribution < 1.29 is 4.39 Å². The van der Waals surface area contributed by atoms with Gasteiger partial charge in [-0.1, -0.05) is 17.7 Å². The van der Waals surface area contributed by atoms with Crippen molar-refractivity contribution >= 4 is 34.2 Å². The monoisotopic (exact) mass is 363 g/mol. The Morgan fingerprint density at radius 2 is 2.12 bits per heavy atom. The summed E-state index contributed by atoms with van der Waals surface area (Å²) in [6.45, 7) is 0.207. The lowest BCUT2D eigenvalue weighted by molar-refractivity contribution is 0.596. The molecular formula is C12H8ClFINO. The van der Waals surface area contributed by atoms with Crippen LogP contribution in [0.25, 0.3) is 0 Å². The van der Waals surface area contributed by atoms with Crippen LogP contribution in [0.2, 0.25) is 5.02 Å². The van der Waals surface area contributed by atoms with Gasteiger partial charge in [0.05, 0.1) is 10.1 Å². The standard InChI is InChI=1S/C12H8ClFINO/c13-9-4-3-8(10(14)6-9)7-16-5-1-2-11(15)12(16)17/h1-6H,7H2. The molecule has 0 radical (unpaired) electrons. The maximum Gasteiger partial charge on any atom is 0.264 e. The van der Waals surface area contributed by atoms with E-state index in [1.807, 2.05) is 22.6 Å². The van der Waals surface area contributed by atoms with Crippen LogP contribution >= 0.6 is 34.2 Å². The first-order valence-electron chi connectivity index (χ1n) is 4.87. The fourth-order valence-corrected chi connectivity index (χ4v) is 2.14. The Labute approximate surface area is 116 Å². The molecule has 1 aromatic carbocycles. The molecule has 17 heavy (non-hydrogen) atoms. The highest BCUT2D eigenvalue weighted by atomic mass is 127. The summed E-state index contributed by atoms with van der Waals surface area (Å²) < 4.78 is 15.6. The van der Waals surface area contributed by atoms with Gasteiger partial charge in [-0.3, -0.25) is 4.79 Å². The van der Waals surface area contributed by atoms with Crippen LogP contribution in [-0.4, -0.2) is 4.57 Å². The molecule has 0 atom stereocenters. The van der Waals surface area contributed by atoms with Crippen LogP contribution in [0.1, 0.15) is 5.56 Å². The second-order valence-corrected chi connectivity index (χ2v) is 5.12. The van der Waals surface area contributed by atoms with Crippen molar-refractivity contribution in [1.29, 1.82) is 0 Å². The predicted octanol–water partition coefficient (Wildman–Crippen LogP) is 3.29. The Bertz CT molecular complexity index is 612. The average molecular weight is 364 g/mol. The molecule has 2 nitrogen and oxygen atoms in total. The number of halogens is 3. The number of hydrogen-bond donors (Lipinski definition) is 0. The van der Waals surface area contributed by atoms with E-state index in [-0.39, 0.29) is 12.1 Å². The van der Waals surface area contributed by atoms with E-state index < -0.39 is 5.82 Å². The number of benzene rings is 1. The Morgan fingerprint density at radius 3 is 2.82 bits per heavy atom. The van der Waals surface area contributed by atoms with E-state index >= 15 is 0 Å². The van der Waals surface area contributed by atoms with Crippen molar-refractivity contribution in [2.75, 3.05) is 0 Å². The minimum atomic E-state index is -0.400. The lowest BCUT2D eigenvalue weighted by Crippen LogP contribution is -2.22. The minimum absolute atomic E-state index is 0.123. The van der Waals surface area contributed by atoms with Crippen molar-refractivity contribution in [2.45, 2.75) is 6.54 Å². The van der Waals surface area contributed by atoms with Gasteiger partial charge in [0, 0.05) is 16.8 Å². The summed E-state index contributed by atoms with van der Waals surface area (Å²) in [6.07, 6.45) is 1.64. The molecule has 0 aliphatic carbocycles. The number of hydrogen-bond acceptors (Lipinski definition) is 1. The summed E-state index contributed by atoms with van der Waals surface area (Å²) in [4.78, 5) is 11.8. The van der Waals surface area contributed by atoms with Gasteiger partial charge in [0.15, 0.2) is 0 Å². The van der Waals surface area contributed by atoms with Crippen LogP contribution in [0.4, 0.5) is 4.39 Å². The van der Waals surface area contributed by atoms with Gasteiger partial charge in [0.25, 0.3) is 5.56 Å². The van der Waals surface area contributed by atoms with Crippen LogP contribution in [-0.2, 0) is 6.54 Å². The Hall–Kier alpha value is -0.880. The van der Waals surface area contributed by atoms with Crippen molar-refractivity contribution in [3.8, 4) is 0 Å². The first-order valence-corrected chi connectivity index (χ1v) is 6.32. The van der Waals surface area contributed by atoms with E-state index in [0.717, 1.165) is 0 Å². The van der Waals surface area contributed by atoms with Gasteiger partial charge in [0.1, 0.15) is 5.82 Å². The zero-order valence-electron chi connectivity index (χ0n) is 8.66. The summed E-state index contributed by atoms with van der Waals surface area (Å²) in [5.74, 6) is -0.400. The van der Waals surface area contributed by atoms with Crippen molar-refractivity contribution in [3.63, 3.8) is 0 Å². The third kappa shape index (κ3) is 2.87. The normalized spacial score (nSPS) is 10.5. The first kappa shape index (κ1) is 12.6. The Balaban J connectivity index is 2.38. The van der Waals surface area contributed by atoms with Gasteiger partial charge in [0.2, 0.25) is 0 Å². The molecule has 0 saturated heterocycles. The summed E-state index contributed by atoms with van der Waals surface area (Å²) in [5, 5.41) is 0.348. The molecule has 0 unspecified atom stereocenters. The fourth-order valence-electron chi connectivity index (χ4n) is 1.47. The molecular weight excluding hydrogens is 355 g/mol. The molecule has 2 rings (SSSR count). The Morgan fingerprint density at radius 1 is 1.35 bits per heavy atom. The number of rotatable bonds is 2. The summed E-state index contributed by atoms with van der Waals surface area (Å²) in [7, 11) is 0. The number of aromatic nitrogens is 1. The van der Waals surface area contributed by atoms with E-state index in [0.29, 0.717) is 14.2 Å². The van der Waals surface area contributed by atoms with Gasteiger partial charge in [-0.2, -0.15) is 0 Å². The molecule has 1 heterocycles. The van der Waals surface area contributed by atoms with Crippen LogP contribution < -0.4 is 5.56 Å². The maximum absolute atomic E-state index is 13.6. The summed E-state index contributed by atoms with van der Waals surface area (Å²) in [5.41, 5.74) is 0.320. The lowest BCUT2D eigenvalue weighted by Gasteiger charge is -2.07. The van der Waals surface area contributed by atoms with Gasteiger partial charge >= 0.3 is 0 Å². The quantitative estimate of drug-likeness (QED) is 0.751. The van der Waals surface area contributed by atoms with E-state index in [1.165, 1.54) is 10.6 Å². The molecule has 2 aromatic rings. The van der Waals surface area contributed by atoms with E-state index in [2.05, 4.69) is 0 Å². The third-order valence-corrected chi connectivity index (χ3v) is 3.39. The van der Waals surface area contributed by atoms with E-state index in [4.69, 9.17) is 11.6 Å². The van der Waals surface area contributed by atoms with Crippen LogP contribution in [0, 0.1) is 9.39 Å². The second kappa shape index (κ2) is 5.18. The molecule has 0 N–H and O–H groups in total. The summed E-state index contributed by atoms with van der Waals surface area (Å²) >= 11 is 7.63. The summed E-state index contributed by atoms with van der Waals surface area (Å²) in [6, 6.07) is 7.92. The molecule has 0 saturated carbocycles. The SMILES string of the molecule is O=c1c(I)cccn1Cc1ccc(Cl)cc1F. The highest BCUT2D eigenvalue weighted by Gasteiger charge is 2.06. The molecule has 0 amide bonds. The smallest absolute Gasteiger partial charge is 0.264 e. The molecule has 88 valence electrons. The van der Waals surface area contributed by atoms with E-state index in [9.17, 15) is 9.18 Å². The topological polar surface area (TPSA) is 22.0 Å². The molecule has 0 aliphatic heterocycles. The largest absolute Gasteiger partial charge is 0.310 e. The van der Waals surface area contributed by atoms with Crippen molar-refractivity contribution in [1.82, 2.24) is 4.57 Å². The highest BCUT2D eigenvalue weighted by molar-refractivity contribution is 14.1. The minimum Gasteiger partial charge on any atom is -0.310 e. The van der Waals surface area contributed by atoms with E-state index in [1.54, 1.807) is 30.5 Å². The fraction of sp³-hybridized carbons (Fsp3) is 0.0833. The van der Waals surface area contributed by atoms with Gasteiger partial charge in [-0.05, 0) is 46.9 Å². The molecule has 1 aromatic heterocycles. The van der Waals surface area contributed by atoms with Crippen molar-refractivity contribution in [2.24, 2.45) is 0 Å². The average Bonchev–Trinajstić information content (AvgIpc) is 2.28. The van der Waals surface area contributed by atoms with Crippen LogP contribution in [0.5, 0.6) is 0 Å². The number of nitrogens with zero attached hydrogens (tertiary/aromatic N) is 1. The van der Waals surface area contributed by atoms with Crippen LogP contribution in [0.15, 0.2) is 41.3 Å². The predicted molar refractivity (Wildman–Crippen MR) is 73.9 cm³/mol. The highest BCUT2D eigenvalue weighted by Crippen LogP contribution is 2.15. The molecule has 5 heteroatoms. The molecule has 0 spiro atoms. The van der Waals surface area contributed by atoms with Gasteiger partial charge in [-0.15, -0.1) is 0 Å². The van der Waals surface area contributed by atoms with Gasteiger partial charge in [-0.25, -0.2) is 4.39 Å².